The summed E-state index contributed by atoms with van der Waals surface area (Å²) in [7, 11) is 1.74. The predicted molar refractivity (Wildman–Crippen MR) is 82.0 cm³/mol. The van der Waals surface area contributed by atoms with E-state index < -0.39 is 5.60 Å². The molecule has 2 rings (SSSR count). The van der Waals surface area contributed by atoms with Gasteiger partial charge in [0.2, 0.25) is 5.91 Å². The van der Waals surface area contributed by atoms with Crippen LogP contribution in [0.5, 0.6) is 5.75 Å². The Bertz CT molecular complexity index is 467. The minimum absolute atomic E-state index is 0.00855. The van der Waals surface area contributed by atoms with Crippen molar-refractivity contribution in [2.45, 2.75) is 37.7 Å². The topological polar surface area (TPSA) is 75.8 Å². The molecule has 1 aliphatic carbocycles. The fourth-order valence-corrected chi connectivity index (χ4v) is 2.73. The molecule has 3 N–H and O–H groups in total. The zero-order chi connectivity index (χ0) is 15.3. The number of anilines is 1. The molecule has 0 bridgehead atoms. The lowest BCUT2D eigenvalue weighted by Crippen LogP contribution is -2.42. The van der Waals surface area contributed by atoms with E-state index in [1.807, 2.05) is 0 Å². The van der Waals surface area contributed by atoms with E-state index in [2.05, 4.69) is 0 Å². The molecule has 0 aromatic heterocycles. The molecule has 0 unspecified atom stereocenters. The predicted octanol–water partition coefficient (Wildman–Crippen LogP) is 1.80. The van der Waals surface area contributed by atoms with Crippen molar-refractivity contribution in [1.29, 1.82) is 0 Å². The van der Waals surface area contributed by atoms with E-state index in [-0.39, 0.29) is 5.91 Å². The normalized spacial score (nSPS) is 16.7. The van der Waals surface area contributed by atoms with Crippen LogP contribution in [0.2, 0.25) is 0 Å². The van der Waals surface area contributed by atoms with E-state index in [0.717, 1.165) is 25.7 Å². The largest absolute Gasteiger partial charge is 0.493 e. The summed E-state index contributed by atoms with van der Waals surface area (Å²) < 4.78 is 5.51. The number of likely N-dealkylation sites (N-methyl/N-ethyl adjacent to an activating group) is 1. The highest BCUT2D eigenvalue weighted by Crippen LogP contribution is 2.30. The molecule has 5 nitrogen and oxygen atoms in total. The van der Waals surface area contributed by atoms with Gasteiger partial charge in [-0.2, -0.15) is 0 Å². The molecule has 116 valence electrons. The minimum Gasteiger partial charge on any atom is -0.493 e. The van der Waals surface area contributed by atoms with Crippen molar-refractivity contribution in [2.75, 3.05) is 25.9 Å². The summed E-state index contributed by atoms with van der Waals surface area (Å²) in [5, 5.41) is 10.3. The highest BCUT2D eigenvalue weighted by Gasteiger charge is 2.33. The Morgan fingerprint density at radius 2 is 1.95 bits per heavy atom. The number of nitrogen functional groups attached to an aromatic ring is 1. The maximum absolute atomic E-state index is 12.0. The fraction of sp³-hybridized carbons (Fsp3) is 0.562. The number of nitrogens with zero attached hydrogens (tertiary/aromatic N) is 1. The Kier molecular flexibility index (Phi) is 5.07. The first kappa shape index (κ1) is 15.6. The smallest absolute Gasteiger partial charge is 0.225 e. The number of carbonyl (C=O) groups excluding carboxylic acids is 1. The maximum Gasteiger partial charge on any atom is 0.225 e. The third-order valence-corrected chi connectivity index (χ3v) is 3.96. The van der Waals surface area contributed by atoms with Gasteiger partial charge < -0.3 is 20.5 Å². The Morgan fingerprint density at radius 3 is 2.57 bits per heavy atom. The Morgan fingerprint density at radius 1 is 1.33 bits per heavy atom. The quantitative estimate of drug-likeness (QED) is 0.784. The van der Waals surface area contributed by atoms with Crippen LogP contribution >= 0.6 is 0 Å². The molecule has 0 saturated heterocycles. The molecule has 0 radical (unpaired) electrons. The molecular weight excluding hydrogens is 268 g/mol. The molecule has 1 aliphatic rings. The van der Waals surface area contributed by atoms with Crippen LogP contribution in [0.4, 0.5) is 5.69 Å². The summed E-state index contributed by atoms with van der Waals surface area (Å²) in [5.41, 5.74) is 5.58. The van der Waals surface area contributed by atoms with Gasteiger partial charge in [0.15, 0.2) is 0 Å². The van der Waals surface area contributed by atoms with E-state index >= 15 is 0 Å². The van der Waals surface area contributed by atoms with Crippen LogP contribution in [0.3, 0.4) is 0 Å². The number of amides is 1. The number of rotatable bonds is 6. The molecule has 1 aromatic carbocycles. The summed E-state index contributed by atoms with van der Waals surface area (Å²) >= 11 is 0. The third-order valence-electron chi connectivity index (χ3n) is 3.96. The van der Waals surface area contributed by atoms with Crippen molar-refractivity contribution < 1.29 is 14.6 Å². The first-order valence-electron chi connectivity index (χ1n) is 7.43. The molecule has 5 heteroatoms. The average Bonchev–Trinajstić information content (AvgIpc) is 2.87. The third kappa shape index (κ3) is 4.63. The summed E-state index contributed by atoms with van der Waals surface area (Å²) in [6.45, 7) is 0.735. The molecule has 0 aliphatic heterocycles. The summed E-state index contributed by atoms with van der Waals surface area (Å²) in [5.74, 6) is 0.694. The number of hydrogen-bond acceptors (Lipinski definition) is 4. The Labute approximate surface area is 125 Å². The van der Waals surface area contributed by atoms with Gasteiger partial charge in [-0.3, -0.25) is 4.79 Å². The second-order valence-electron chi connectivity index (χ2n) is 5.85. The number of benzene rings is 1. The van der Waals surface area contributed by atoms with Crippen LogP contribution < -0.4 is 10.5 Å². The molecule has 1 amide bonds. The standard InChI is InChI=1S/C16H24N2O3/c1-18(12-16(20)9-2-3-10-16)15(19)8-11-21-14-6-4-13(17)5-7-14/h4-7,20H,2-3,8-12,17H2,1H3. The molecule has 0 atom stereocenters. The molecule has 0 spiro atoms. The van der Waals surface area contributed by atoms with Crippen LogP contribution in [-0.4, -0.2) is 41.7 Å². The van der Waals surface area contributed by atoms with Gasteiger partial charge in [-0.1, -0.05) is 12.8 Å². The van der Waals surface area contributed by atoms with Crippen molar-refractivity contribution >= 4 is 11.6 Å². The van der Waals surface area contributed by atoms with Crippen molar-refractivity contribution in [3.05, 3.63) is 24.3 Å². The van der Waals surface area contributed by atoms with Crippen LogP contribution in [-0.2, 0) is 4.79 Å². The van der Waals surface area contributed by atoms with Crippen LogP contribution in [0, 0.1) is 0 Å². The first-order chi connectivity index (χ1) is 9.98. The van der Waals surface area contributed by atoms with Gasteiger partial charge in [-0.25, -0.2) is 0 Å². The number of carbonyl (C=O) groups is 1. The lowest BCUT2D eigenvalue weighted by molar-refractivity contribution is -0.133. The second kappa shape index (κ2) is 6.80. The van der Waals surface area contributed by atoms with Gasteiger partial charge in [-0.15, -0.1) is 0 Å². The first-order valence-corrected chi connectivity index (χ1v) is 7.43. The van der Waals surface area contributed by atoms with Crippen LogP contribution in [0.15, 0.2) is 24.3 Å². The lowest BCUT2D eigenvalue weighted by Gasteiger charge is -2.28. The average molecular weight is 292 g/mol. The van der Waals surface area contributed by atoms with Gasteiger partial charge >= 0.3 is 0 Å². The highest BCUT2D eigenvalue weighted by molar-refractivity contribution is 5.76. The molecule has 1 aromatic rings. The van der Waals surface area contributed by atoms with E-state index in [0.29, 0.717) is 31.0 Å². The minimum atomic E-state index is -0.692. The summed E-state index contributed by atoms with van der Waals surface area (Å²) in [4.78, 5) is 13.6. The van der Waals surface area contributed by atoms with Crippen molar-refractivity contribution in [3.8, 4) is 5.75 Å². The van der Waals surface area contributed by atoms with Crippen LogP contribution in [0.1, 0.15) is 32.1 Å². The van der Waals surface area contributed by atoms with Gasteiger partial charge in [0, 0.05) is 19.3 Å². The Hall–Kier alpha value is -1.75. The lowest BCUT2D eigenvalue weighted by atomic mass is 10.0. The highest BCUT2D eigenvalue weighted by atomic mass is 16.5. The van der Waals surface area contributed by atoms with Gasteiger partial charge in [0.25, 0.3) is 0 Å². The second-order valence-corrected chi connectivity index (χ2v) is 5.85. The number of hydrogen-bond donors (Lipinski definition) is 2. The monoisotopic (exact) mass is 292 g/mol. The van der Waals surface area contributed by atoms with Gasteiger partial charge in [0.05, 0.1) is 18.6 Å². The van der Waals surface area contributed by atoms with E-state index in [9.17, 15) is 9.90 Å². The summed E-state index contributed by atoms with van der Waals surface area (Å²) in [6.07, 6.45) is 3.95. The zero-order valence-corrected chi connectivity index (χ0v) is 12.5. The zero-order valence-electron chi connectivity index (χ0n) is 12.5. The SMILES string of the molecule is CN(CC1(O)CCCC1)C(=O)CCOc1ccc(N)cc1. The van der Waals surface area contributed by atoms with E-state index in [1.54, 1.807) is 36.2 Å². The molecular formula is C16H24N2O3. The molecule has 0 heterocycles. The fourth-order valence-electron chi connectivity index (χ4n) is 2.73. The van der Waals surface area contributed by atoms with Crippen molar-refractivity contribution in [2.24, 2.45) is 0 Å². The number of ether oxygens (including phenoxy) is 1. The van der Waals surface area contributed by atoms with E-state index in [4.69, 9.17) is 10.5 Å². The Balaban J connectivity index is 1.72. The van der Waals surface area contributed by atoms with E-state index in [1.165, 1.54) is 0 Å². The summed E-state index contributed by atoms with van der Waals surface area (Å²) in [6, 6.07) is 7.09. The van der Waals surface area contributed by atoms with Gasteiger partial charge in [0.1, 0.15) is 5.75 Å². The molecule has 21 heavy (non-hydrogen) atoms. The van der Waals surface area contributed by atoms with Gasteiger partial charge in [-0.05, 0) is 37.1 Å². The molecule has 1 saturated carbocycles. The van der Waals surface area contributed by atoms with Crippen molar-refractivity contribution in [3.63, 3.8) is 0 Å². The maximum atomic E-state index is 12.0. The number of nitrogens with two attached hydrogens (primary N) is 1. The van der Waals surface area contributed by atoms with Crippen LogP contribution in [0.25, 0.3) is 0 Å². The van der Waals surface area contributed by atoms with Crippen molar-refractivity contribution in [1.82, 2.24) is 4.90 Å². The molecule has 1 fully saturated rings. The number of aliphatic hydroxyl groups is 1.